The van der Waals surface area contributed by atoms with Crippen LogP contribution >= 0.6 is 11.3 Å². The lowest BCUT2D eigenvalue weighted by Crippen LogP contribution is -2.16. The summed E-state index contributed by atoms with van der Waals surface area (Å²) in [7, 11) is 2.98. The Morgan fingerprint density at radius 3 is 2.73 bits per heavy atom. The number of hydrogen-bond acceptors (Lipinski definition) is 6. The number of ether oxygens (including phenoxy) is 3. The fraction of sp³-hybridized carbons (Fsp3) is 0.478. The summed E-state index contributed by atoms with van der Waals surface area (Å²) < 4.78 is 15.9. The SMILES string of the molecule is CCOc1ccc(CCC(=O)Nc2sc3c(c2C(=O)OC)CCC(C)C3)cc1OC. The second-order valence-electron chi connectivity index (χ2n) is 7.51. The molecule has 1 unspecified atom stereocenters. The first kappa shape index (κ1) is 22.2. The monoisotopic (exact) mass is 431 g/mol. The van der Waals surface area contributed by atoms with Gasteiger partial charge in [0.1, 0.15) is 5.00 Å². The predicted molar refractivity (Wildman–Crippen MR) is 118 cm³/mol. The fourth-order valence-corrected chi connectivity index (χ4v) is 5.16. The molecule has 7 heteroatoms. The van der Waals surface area contributed by atoms with E-state index in [0.717, 1.165) is 30.4 Å². The Hall–Kier alpha value is -2.54. The molecule has 0 saturated heterocycles. The van der Waals surface area contributed by atoms with Gasteiger partial charge in [-0.15, -0.1) is 11.3 Å². The van der Waals surface area contributed by atoms with Crippen molar-refractivity contribution < 1.29 is 23.8 Å². The van der Waals surface area contributed by atoms with Crippen LogP contribution in [0.25, 0.3) is 0 Å². The number of carbonyl (C=O) groups is 2. The highest BCUT2D eigenvalue weighted by Gasteiger charge is 2.28. The first-order chi connectivity index (χ1) is 14.5. The van der Waals surface area contributed by atoms with Crippen LogP contribution in [0, 0.1) is 5.92 Å². The highest BCUT2D eigenvalue weighted by atomic mass is 32.1. The molecule has 1 atom stereocenters. The quantitative estimate of drug-likeness (QED) is 0.617. The third kappa shape index (κ3) is 4.95. The molecule has 0 bridgehead atoms. The molecule has 0 saturated carbocycles. The summed E-state index contributed by atoms with van der Waals surface area (Å²) in [6.45, 7) is 4.69. The molecule has 2 aromatic rings. The topological polar surface area (TPSA) is 73.9 Å². The van der Waals surface area contributed by atoms with Gasteiger partial charge in [-0.3, -0.25) is 4.79 Å². The zero-order valence-electron chi connectivity index (χ0n) is 18.0. The minimum Gasteiger partial charge on any atom is -0.493 e. The van der Waals surface area contributed by atoms with Gasteiger partial charge in [0.15, 0.2) is 11.5 Å². The van der Waals surface area contributed by atoms with E-state index in [1.165, 1.54) is 23.3 Å². The molecule has 162 valence electrons. The largest absolute Gasteiger partial charge is 0.493 e. The van der Waals surface area contributed by atoms with Gasteiger partial charge in [-0.25, -0.2) is 4.79 Å². The Morgan fingerprint density at radius 1 is 1.23 bits per heavy atom. The van der Waals surface area contributed by atoms with Gasteiger partial charge in [0.05, 0.1) is 26.4 Å². The average molecular weight is 432 g/mol. The molecule has 1 amide bonds. The summed E-state index contributed by atoms with van der Waals surface area (Å²) in [4.78, 5) is 26.2. The number of carbonyl (C=O) groups excluding carboxylic acids is 2. The molecule has 1 heterocycles. The number of rotatable bonds is 8. The van der Waals surface area contributed by atoms with Crippen LogP contribution in [-0.4, -0.2) is 32.7 Å². The van der Waals surface area contributed by atoms with Crippen molar-refractivity contribution in [1.29, 1.82) is 0 Å². The van der Waals surface area contributed by atoms with Crippen LogP contribution in [0.3, 0.4) is 0 Å². The van der Waals surface area contributed by atoms with Crippen molar-refractivity contribution >= 4 is 28.2 Å². The number of methoxy groups -OCH3 is 2. The van der Waals surface area contributed by atoms with E-state index in [1.54, 1.807) is 7.11 Å². The van der Waals surface area contributed by atoms with E-state index in [2.05, 4.69) is 12.2 Å². The zero-order chi connectivity index (χ0) is 21.7. The molecular formula is C23H29NO5S. The average Bonchev–Trinajstić information content (AvgIpc) is 3.09. The van der Waals surface area contributed by atoms with Crippen molar-refractivity contribution in [2.45, 2.75) is 46.0 Å². The lowest BCUT2D eigenvalue weighted by molar-refractivity contribution is -0.116. The van der Waals surface area contributed by atoms with Crippen molar-refractivity contribution in [3.05, 3.63) is 39.8 Å². The number of benzene rings is 1. The van der Waals surface area contributed by atoms with E-state index >= 15 is 0 Å². The maximum absolute atomic E-state index is 12.6. The van der Waals surface area contributed by atoms with Crippen LogP contribution in [-0.2, 0) is 28.8 Å². The number of nitrogens with one attached hydrogen (secondary N) is 1. The molecule has 0 aliphatic heterocycles. The predicted octanol–water partition coefficient (Wildman–Crippen LogP) is 4.64. The summed E-state index contributed by atoms with van der Waals surface area (Å²) in [6, 6.07) is 5.69. The normalized spacial score (nSPS) is 15.3. The number of aryl methyl sites for hydroxylation is 1. The maximum atomic E-state index is 12.6. The maximum Gasteiger partial charge on any atom is 0.341 e. The summed E-state index contributed by atoms with van der Waals surface area (Å²) in [5.41, 5.74) is 2.55. The van der Waals surface area contributed by atoms with Crippen LogP contribution in [0.2, 0.25) is 0 Å². The Kier molecular flexibility index (Phi) is 7.37. The van der Waals surface area contributed by atoms with E-state index in [9.17, 15) is 9.59 Å². The number of hydrogen-bond donors (Lipinski definition) is 1. The first-order valence-corrected chi connectivity index (χ1v) is 11.1. The fourth-order valence-electron chi connectivity index (χ4n) is 3.75. The van der Waals surface area contributed by atoms with Crippen LogP contribution < -0.4 is 14.8 Å². The van der Waals surface area contributed by atoms with Crippen LogP contribution in [0.4, 0.5) is 5.00 Å². The molecule has 1 N–H and O–H groups in total. The van der Waals surface area contributed by atoms with Crippen LogP contribution in [0.5, 0.6) is 11.5 Å². The Labute approximate surface area is 181 Å². The number of anilines is 1. The van der Waals surface area contributed by atoms with E-state index in [1.807, 2.05) is 25.1 Å². The number of fused-ring (bicyclic) bond motifs is 1. The van der Waals surface area contributed by atoms with Crippen LogP contribution in [0.15, 0.2) is 18.2 Å². The van der Waals surface area contributed by atoms with Gasteiger partial charge in [-0.1, -0.05) is 13.0 Å². The summed E-state index contributed by atoms with van der Waals surface area (Å²) in [5.74, 6) is 1.42. The lowest BCUT2D eigenvalue weighted by Gasteiger charge is -2.18. The van der Waals surface area contributed by atoms with Crippen molar-refractivity contribution in [1.82, 2.24) is 0 Å². The number of amides is 1. The van der Waals surface area contributed by atoms with E-state index in [4.69, 9.17) is 14.2 Å². The van der Waals surface area contributed by atoms with Gasteiger partial charge >= 0.3 is 5.97 Å². The van der Waals surface area contributed by atoms with E-state index in [0.29, 0.717) is 47.4 Å². The van der Waals surface area contributed by atoms with Gasteiger partial charge in [-0.05, 0) is 61.8 Å². The minimum absolute atomic E-state index is 0.125. The van der Waals surface area contributed by atoms with Gasteiger partial charge in [-0.2, -0.15) is 0 Å². The van der Waals surface area contributed by atoms with Crippen molar-refractivity contribution in [2.75, 3.05) is 26.1 Å². The third-order valence-corrected chi connectivity index (χ3v) is 6.49. The molecule has 1 aromatic heterocycles. The Balaban J connectivity index is 1.70. The second-order valence-corrected chi connectivity index (χ2v) is 8.62. The standard InChI is InChI=1S/C23H29NO5S/c1-5-29-17-10-7-15(13-18(17)27-3)8-11-20(25)24-22-21(23(26)28-4)16-9-6-14(2)12-19(16)30-22/h7,10,13-14H,5-6,8-9,11-12H2,1-4H3,(H,24,25). The lowest BCUT2D eigenvalue weighted by atomic mass is 9.88. The third-order valence-electron chi connectivity index (χ3n) is 5.32. The number of esters is 1. The van der Waals surface area contributed by atoms with Crippen molar-refractivity contribution in [2.24, 2.45) is 5.92 Å². The van der Waals surface area contributed by atoms with Crippen LogP contribution in [0.1, 0.15) is 53.1 Å². The number of thiophene rings is 1. The highest BCUT2D eigenvalue weighted by molar-refractivity contribution is 7.17. The van der Waals surface area contributed by atoms with E-state index in [-0.39, 0.29) is 11.9 Å². The Bertz CT molecular complexity index is 921. The molecule has 0 fully saturated rings. The van der Waals surface area contributed by atoms with Gasteiger partial charge < -0.3 is 19.5 Å². The first-order valence-electron chi connectivity index (χ1n) is 10.3. The van der Waals surface area contributed by atoms with E-state index < -0.39 is 0 Å². The molecule has 1 aromatic carbocycles. The summed E-state index contributed by atoms with van der Waals surface area (Å²) in [6.07, 6.45) is 3.69. The molecule has 3 rings (SSSR count). The second kappa shape index (κ2) is 9.98. The molecule has 1 aliphatic carbocycles. The minimum atomic E-state index is -0.381. The molecule has 6 nitrogen and oxygen atoms in total. The molecule has 0 spiro atoms. The molecule has 0 radical (unpaired) electrons. The Morgan fingerprint density at radius 2 is 2.03 bits per heavy atom. The molecule has 30 heavy (non-hydrogen) atoms. The highest BCUT2D eigenvalue weighted by Crippen LogP contribution is 2.40. The van der Waals surface area contributed by atoms with Gasteiger partial charge in [0.2, 0.25) is 5.91 Å². The van der Waals surface area contributed by atoms with Gasteiger partial charge in [0.25, 0.3) is 0 Å². The smallest absolute Gasteiger partial charge is 0.341 e. The van der Waals surface area contributed by atoms with Crippen molar-refractivity contribution in [3.8, 4) is 11.5 Å². The van der Waals surface area contributed by atoms with Gasteiger partial charge in [0, 0.05) is 11.3 Å². The summed E-state index contributed by atoms with van der Waals surface area (Å²) >= 11 is 1.50. The molecular weight excluding hydrogens is 402 g/mol. The van der Waals surface area contributed by atoms with Crippen molar-refractivity contribution in [3.63, 3.8) is 0 Å². The zero-order valence-corrected chi connectivity index (χ0v) is 18.8. The summed E-state index contributed by atoms with van der Waals surface area (Å²) in [5, 5.41) is 3.56. The molecule has 1 aliphatic rings.